The topological polar surface area (TPSA) is 107 Å². The molecule has 1 amide bonds. The van der Waals surface area contributed by atoms with Crippen LogP contribution in [0.1, 0.15) is 17.3 Å². The number of anilines is 1. The van der Waals surface area contributed by atoms with Crippen LogP contribution in [-0.2, 0) is 9.59 Å². The Balaban J connectivity index is 1.71. The summed E-state index contributed by atoms with van der Waals surface area (Å²) in [6, 6.07) is 13.9. The maximum absolute atomic E-state index is 13.3. The second kappa shape index (κ2) is 8.43. The lowest BCUT2D eigenvalue weighted by molar-refractivity contribution is -0.132. The summed E-state index contributed by atoms with van der Waals surface area (Å²) in [5.41, 5.74) is 0.953. The minimum absolute atomic E-state index is 0.0680. The third kappa shape index (κ3) is 3.38. The second-order valence-electron chi connectivity index (χ2n) is 7.53. The molecule has 1 unspecified atom stereocenters. The summed E-state index contributed by atoms with van der Waals surface area (Å²) in [5, 5.41) is 11.3. The number of pyridine rings is 1. The number of nitrogens with zero attached hydrogens (tertiary/aromatic N) is 2. The standard InChI is InChI=1S/C25H20N2O7/c1-31-15-7-8-16(19(12-15)32-2)23(28)21-22(17-5-3-4-10-26-17)27(25(30)24(21)29)14-6-9-18-20(11-14)34-13-33-18/h3-12,22,28H,13H2,1-2H3/b23-21+. The summed E-state index contributed by atoms with van der Waals surface area (Å²) in [7, 11) is 2.94. The SMILES string of the molecule is COc1ccc(/C(O)=C2\C(=O)C(=O)N(c3ccc4c(c3)OCO4)C2c2ccccn2)c(OC)c1. The Morgan fingerprint density at radius 3 is 2.59 bits per heavy atom. The summed E-state index contributed by atoms with van der Waals surface area (Å²) in [6.07, 6.45) is 1.56. The van der Waals surface area contributed by atoms with Gasteiger partial charge in [0.15, 0.2) is 11.5 Å². The molecule has 1 saturated heterocycles. The Kier molecular flexibility index (Phi) is 5.29. The van der Waals surface area contributed by atoms with E-state index < -0.39 is 17.7 Å². The molecule has 3 aromatic rings. The first-order valence-electron chi connectivity index (χ1n) is 10.4. The zero-order chi connectivity index (χ0) is 23.8. The third-order valence-electron chi connectivity index (χ3n) is 5.71. The molecule has 0 aliphatic carbocycles. The van der Waals surface area contributed by atoms with E-state index in [1.807, 2.05) is 0 Å². The smallest absolute Gasteiger partial charge is 0.300 e. The highest BCUT2D eigenvalue weighted by Gasteiger charge is 2.48. The first kappa shape index (κ1) is 21.3. The number of aliphatic hydroxyl groups is 1. The molecule has 3 heterocycles. The average Bonchev–Trinajstić information content (AvgIpc) is 3.45. The number of aromatic nitrogens is 1. The van der Waals surface area contributed by atoms with Gasteiger partial charge < -0.3 is 24.1 Å². The number of benzene rings is 2. The van der Waals surface area contributed by atoms with Crippen molar-refractivity contribution in [2.24, 2.45) is 0 Å². The molecule has 1 N–H and O–H groups in total. The Bertz CT molecular complexity index is 1320. The number of hydrogen-bond acceptors (Lipinski definition) is 8. The maximum atomic E-state index is 13.3. The lowest BCUT2D eigenvalue weighted by atomic mass is 9.97. The molecule has 0 spiro atoms. The molecule has 9 heteroatoms. The van der Waals surface area contributed by atoms with E-state index in [-0.39, 0.29) is 29.4 Å². The number of ketones is 1. The van der Waals surface area contributed by atoms with E-state index in [1.54, 1.807) is 60.8 Å². The van der Waals surface area contributed by atoms with Crippen molar-refractivity contribution in [3.63, 3.8) is 0 Å². The van der Waals surface area contributed by atoms with Gasteiger partial charge in [0, 0.05) is 24.0 Å². The molecule has 2 aliphatic heterocycles. The summed E-state index contributed by atoms with van der Waals surface area (Å²) in [5.74, 6) is -0.237. The van der Waals surface area contributed by atoms with Gasteiger partial charge in [0.1, 0.15) is 23.3 Å². The fourth-order valence-corrected chi connectivity index (χ4v) is 4.09. The fourth-order valence-electron chi connectivity index (χ4n) is 4.09. The number of carbonyl (C=O) groups excluding carboxylic acids is 2. The van der Waals surface area contributed by atoms with Crippen molar-refractivity contribution in [1.29, 1.82) is 0 Å². The summed E-state index contributed by atoms with van der Waals surface area (Å²) in [4.78, 5) is 32.2. The number of methoxy groups -OCH3 is 2. The number of rotatable bonds is 5. The van der Waals surface area contributed by atoms with Crippen LogP contribution >= 0.6 is 0 Å². The molecule has 0 bridgehead atoms. The largest absolute Gasteiger partial charge is 0.507 e. The van der Waals surface area contributed by atoms with Gasteiger partial charge in [-0.25, -0.2) is 0 Å². The number of ether oxygens (including phenoxy) is 4. The zero-order valence-electron chi connectivity index (χ0n) is 18.3. The number of fused-ring (bicyclic) bond motifs is 1. The molecule has 0 saturated carbocycles. The van der Waals surface area contributed by atoms with E-state index in [4.69, 9.17) is 18.9 Å². The highest BCUT2D eigenvalue weighted by atomic mass is 16.7. The van der Waals surface area contributed by atoms with Crippen molar-refractivity contribution < 1.29 is 33.6 Å². The molecule has 1 atom stereocenters. The third-order valence-corrected chi connectivity index (χ3v) is 5.71. The quantitative estimate of drug-likeness (QED) is 0.351. The molecule has 172 valence electrons. The van der Waals surface area contributed by atoms with Crippen molar-refractivity contribution in [3.8, 4) is 23.0 Å². The molecule has 2 aromatic carbocycles. The highest BCUT2D eigenvalue weighted by Crippen LogP contribution is 2.45. The van der Waals surface area contributed by atoms with Gasteiger partial charge in [0.05, 0.1) is 31.1 Å². The normalized spacial score (nSPS) is 18.3. The van der Waals surface area contributed by atoms with E-state index >= 15 is 0 Å². The van der Waals surface area contributed by atoms with E-state index in [0.717, 1.165) is 0 Å². The number of amides is 1. The van der Waals surface area contributed by atoms with Crippen LogP contribution in [-0.4, -0.2) is 42.8 Å². The van der Waals surface area contributed by atoms with Crippen molar-refractivity contribution in [1.82, 2.24) is 4.98 Å². The molecule has 2 aliphatic rings. The van der Waals surface area contributed by atoms with E-state index in [9.17, 15) is 14.7 Å². The van der Waals surface area contributed by atoms with Gasteiger partial charge in [-0.1, -0.05) is 6.07 Å². The Morgan fingerprint density at radius 2 is 1.85 bits per heavy atom. The predicted octanol–water partition coefficient (Wildman–Crippen LogP) is 3.45. The van der Waals surface area contributed by atoms with Gasteiger partial charge >= 0.3 is 0 Å². The van der Waals surface area contributed by atoms with Crippen LogP contribution < -0.4 is 23.8 Å². The van der Waals surface area contributed by atoms with Crippen LogP contribution in [0.2, 0.25) is 0 Å². The number of hydrogen-bond donors (Lipinski definition) is 1. The van der Waals surface area contributed by atoms with Gasteiger partial charge in [-0.3, -0.25) is 19.5 Å². The van der Waals surface area contributed by atoms with Crippen LogP contribution in [0.25, 0.3) is 5.76 Å². The monoisotopic (exact) mass is 460 g/mol. The van der Waals surface area contributed by atoms with Crippen molar-refractivity contribution >= 4 is 23.1 Å². The summed E-state index contributed by atoms with van der Waals surface area (Å²) >= 11 is 0. The highest BCUT2D eigenvalue weighted by molar-refractivity contribution is 6.51. The van der Waals surface area contributed by atoms with Crippen LogP contribution in [0.4, 0.5) is 5.69 Å². The van der Waals surface area contributed by atoms with Gasteiger partial charge in [-0.05, 0) is 36.4 Å². The Hall–Kier alpha value is -4.53. The molecule has 1 fully saturated rings. The summed E-state index contributed by atoms with van der Waals surface area (Å²) in [6.45, 7) is 0.0680. The van der Waals surface area contributed by atoms with Crippen LogP contribution in [0.3, 0.4) is 0 Å². The fraction of sp³-hybridized carbons (Fsp3) is 0.160. The molecular weight excluding hydrogens is 440 g/mol. The van der Waals surface area contributed by atoms with Gasteiger partial charge in [-0.15, -0.1) is 0 Å². The zero-order valence-corrected chi connectivity index (χ0v) is 18.3. The number of carbonyl (C=O) groups is 2. The average molecular weight is 460 g/mol. The van der Waals surface area contributed by atoms with E-state index in [2.05, 4.69) is 4.98 Å². The van der Waals surface area contributed by atoms with E-state index in [1.165, 1.54) is 19.1 Å². The summed E-state index contributed by atoms with van der Waals surface area (Å²) < 4.78 is 21.4. The molecule has 0 radical (unpaired) electrons. The van der Waals surface area contributed by atoms with Crippen molar-refractivity contribution in [2.45, 2.75) is 6.04 Å². The molecule has 34 heavy (non-hydrogen) atoms. The Morgan fingerprint density at radius 1 is 1.03 bits per heavy atom. The predicted molar refractivity (Wildman–Crippen MR) is 121 cm³/mol. The van der Waals surface area contributed by atoms with Gasteiger partial charge in [0.25, 0.3) is 11.7 Å². The van der Waals surface area contributed by atoms with Crippen LogP contribution in [0, 0.1) is 0 Å². The number of Topliss-reactive ketones (excluding diaryl/α,β-unsaturated/α-hetero) is 1. The Labute approximate surface area is 194 Å². The maximum Gasteiger partial charge on any atom is 0.300 e. The van der Waals surface area contributed by atoms with Gasteiger partial charge in [0.2, 0.25) is 6.79 Å². The number of aliphatic hydroxyl groups excluding tert-OH is 1. The van der Waals surface area contributed by atoms with Crippen molar-refractivity contribution in [3.05, 3.63) is 77.6 Å². The van der Waals surface area contributed by atoms with Crippen molar-refractivity contribution in [2.75, 3.05) is 25.9 Å². The second-order valence-corrected chi connectivity index (χ2v) is 7.53. The van der Waals surface area contributed by atoms with Crippen LogP contribution in [0.15, 0.2) is 66.4 Å². The molecular formula is C25H20N2O7. The minimum Gasteiger partial charge on any atom is -0.507 e. The molecule has 9 nitrogen and oxygen atoms in total. The first-order valence-corrected chi connectivity index (χ1v) is 10.4. The molecule has 5 rings (SSSR count). The first-order chi connectivity index (χ1) is 16.5. The lowest BCUT2D eigenvalue weighted by Crippen LogP contribution is -2.29. The van der Waals surface area contributed by atoms with Crippen LogP contribution in [0.5, 0.6) is 23.0 Å². The molecule has 1 aromatic heterocycles. The lowest BCUT2D eigenvalue weighted by Gasteiger charge is -2.25. The van der Waals surface area contributed by atoms with Gasteiger partial charge in [-0.2, -0.15) is 0 Å². The minimum atomic E-state index is -0.978. The van der Waals surface area contributed by atoms with E-state index in [0.29, 0.717) is 28.6 Å².